The van der Waals surface area contributed by atoms with Gasteiger partial charge in [0, 0.05) is 17.4 Å². The van der Waals surface area contributed by atoms with Crippen LogP contribution in [0, 0.1) is 0 Å². The minimum Gasteiger partial charge on any atom is -0.294 e. The largest absolute Gasteiger partial charge is 0.294 e. The number of carbonyl (C=O) groups is 1. The van der Waals surface area contributed by atoms with E-state index < -0.39 is 0 Å². The molecule has 114 valence electrons. The molecule has 0 N–H and O–H groups in total. The second kappa shape index (κ2) is 6.48. The average Bonchev–Trinajstić information content (AvgIpc) is 2.87. The number of rotatable bonds is 6. The Kier molecular flexibility index (Phi) is 4.42. The van der Waals surface area contributed by atoms with E-state index in [0.717, 1.165) is 12.0 Å². The fourth-order valence-corrected chi connectivity index (χ4v) is 3.84. The SMILES string of the molecule is CCCCCCC1(c2ccccc2)CC(=O)c2ccccc21. The Bertz CT molecular complexity index is 644. The molecule has 3 rings (SSSR count). The number of hydrogen-bond donors (Lipinski definition) is 0. The Balaban J connectivity index is 2.00. The summed E-state index contributed by atoms with van der Waals surface area (Å²) >= 11 is 0. The van der Waals surface area contributed by atoms with Crippen LogP contribution in [-0.2, 0) is 5.41 Å². The number of carbonyl (C=O) groups excluding carboxylic acids is 1. The predicted octanol–water partition coefficient (Wildman–Crippen LogP) is 5.53. The first-order valence-electron chi connectivity index (χ1n) is 8.46. The topological polar surface area (TPSA) is 17.1 Å². The lowest BCUT2D eigenvalue weighted by molar-refractivity contribution is 0.0977. The van der Waals surface area contributed by atoms with Crippen LogP contribution in [0.15, 0.2) is 54.6 Å². The highest BCUT2D eigenvalue weighted by Gasteiger charge is 2.43. The van der Waals surface area contributed by atoms with Crippen molar-refractivity contribution in [3.8, 4) is 0 Å². The first kappa shape index (κ1) is 15.0. The van der Waals surface area contributed by atoms with Crippen LogP contribution in [-0.4, -0.2) is 5.78 Å². The molecule has 1 aliphatic rings. The Labute approximate surface area is 133 Å². The van der Waals surface area contributed by atoms with Crippen molar-refractivity contribution in [3.05, 3.63) is 71.3 Å². The van der Waals surface area contributed by atoms with Gasteiger partial charge in [0.25, 0.3) is 0 Å². The molecule has 0 bridgehead atoms. The third-order valence-corrected chi connectivity index (χ3v) is 4.99. The normalized spacial score (nSPS) is 20.1. The molecule has 22 heavy (non-hydrogen) atoms. The van der Waals surface area contributed by atoms with Crippen LogP contribution < -0.4 is 0 Å². The van der Waals surface area contributed by atoms with E-state index >= 15 is 0 Å². The average molecular weight is 292 g/mol. The molecule has 0 saturated heterocycles. The molecule has 1 unspecified atom stereocenters. The van der Waals surface area contributed by atoms with E-state index in [1.807, 2.05) is 12.1 Å². The second-order valence-electron chi connectivity index (χ2n) is 6.40. The van der Waals surface area contributed by atoms with Crippen LogP contribution in [0.5, 0.6) is 0 Å². The van der Waals surface area contributed by atoms with Crippen molar-refractivity contribution in [1.29, 1.82) is 0 Å². The van der Waals surface area contributed by atoms with Crippen LogP contribution in [0.2, 0.25) is 0 Å². The molecule has 2 aromatic rings. The van der Waals surface area contributed by atoms with Gasteiger partial charge in [-0.1, -0.05) is 87.2 Å². The molecular weight excluding hydrogens is 268 g/mol. The molecule has 0 spiro atoms. The van der Waals surface area contributed by atoms with Crippen molar-refractivity contribution in [3.63, 3.8) is 0 Å². The fourth-order valence-electron chi connectivity index (χ4n) is 3.84. The van der Waals surface area contributed by atoms with Gasteiger partial charge in [0.05, 0.1) is 0 Å². The zero-order valence-corrected chi connectivity index (χ0v) is 13.3. The summed E-state index contributed by atoms with van der Waals surface area (Å²) in [5.41, 5.74) is 3.36. The summed E-state index contributed by atoms with van der Waals surface area (Å²) < 4.78 is 0. The van der Waals surface area contributed by atoms with E-state index in [4.69, 9.17) is 0 Å². The zero-order chi connectivity index (χ0) is 15.4. The smallest absolute Gasteiger partial charge is 0.164 e. The molecule has 1 nitrogen and oxygen atoms in total. The van der Waals surface area contributed by atoms with Crippen LogP contribution in [0.3, 0.4) is 0 Å². The molecule has 0 heterocycles. The van der Waals surface area contributed by atoms with E-state index in [0.29, 0.717) is 12.2 Å². The Morgan fingerprint density at radius 2 is 1.64 bits per heavy atom. The summed E-state index contributed by atoms with van der Waals surface area (Å²) in [6.45, 7) is 2.24. The first-order valence-corrected chi connectivity index (χ1v) is 8.46. The predicted molar refractivity (Wildman–Crippen MR) is 91.4 cm³/mol. The van der Waals surface area contributed by atoms with Crippen molar-refractivity contribution in [2.45, 2.75) is 50.9 Å². The highest BCUT2D eigenvalue weighted by Crippen LogP contribution is 2.47. The van der Waals surface area contributed by atoms with Gasteiger partial charge >= 0.3 is 0 Å². The van der Waals surface area contributed by atoms with Gasteiger partial charge in [-0.3, -0.25) is 4.79 Å². The van der Waals surface area contributed by atoms with E-state index in [-0.39, 0.29) is 5.41 Å². The van der Waals surface area contributed by atoms with Crippen molar-refractivity contribution in [1.82, 2.24) is 0 Å². The minimum absolute atomic E-state index is 0.108. The van der Waals surface area contributed by atoms with Crippen LogP contribution in [0.1, 0.15) is 66.9 Å². The maximum atomic E-state index is 12.5. The quantitative estimate of drug-likeness (QED) is 0.640. The van der Waals surface area contributed by atoms with Gasteiger partial charge in [-0.05, 0) is 17.5 Å². The van der Waals surface area contributed by atoms with E-state index in [1.165, 1.54) is 36.8 Å². The number of Topliss-reactive ketones (excluding diaryl/α,β-unsaturated/α-hetero) is 1. The number of unbranched alkanes of at least 4 members (excludes halogenated alkanes) is 3. The third-order valence-electron chi connectivity index (χ3n) is 4.99. The van der Waals surface area contributed by atoms with Crippen molar-refractivity contribution in [2.24, 2.45) is 0 Å². The summed E-state index contributed by atoms with van der Waals surface area (Å²) in [5.74, 6) is 0.301. The maximum Gasteiger partial charge on any atom is 0.164 e. The third kappa shape index (κ3) is 2.61. The Morgan fingerprint density at radius 3 is 2.41 bits per heavy atom. The minimum atomic E-state index is -0.108. The summed E-state index contributed by atoms with van der Waals surface area (Å²) in [5, 5.41) is 0. The second-order valence-corrected chi connectivity index (χ2v) is 6.40. The summed E-state index contributed by atoms with van der Waals surface area (Å²) in [7, 11) is 0. The monoisotopic (exact) mass is 292 g/mol. The summed E-state index contributed by atoms with van der Waals surface area (Å²) in [6, 6.07) is 18.8. The van der Waals surface area contributed by atoms with E-state index in [1.54, 1.807) is 0 Å². The number of fused-ring (bicyclic) bond motifs is 1. The molecule has 1 atom stereocenters. The highest BCUT2D eigenvalue weighted by atomic mass is 16.1. The number of ketones is 1. The summed E-state index contributed by atoms with van der Waals surface area (Å²) in [6.07, 6.45) is 6.66. The van der Waals surface area contributed by atoms with Gasteiger partial charge in [0.15, 0.2) is 5.78 Å². The molecule has 0 aromatic heterocycles. The summed E-state index contributed by atoms with van der Waals surface area (Å²) in [4.78, 5) is 12.5. The van der Waals surface area contributed by atoms with Gasteiger partial charge in [0.2, 0.25) is 0 Å². The van der Waals surface area contributed by atoms with Crippen LogP contribution in [0.25, 0.3) is 0 Å². The lowest BCUT2D eigenvalue weighted by Gasteiger charge is -2.30. The number of benzene rings is 2. The fraction of sp³-hybridized carbons (Fsp3) is 0.381. The van der Waals surface area contributed by atoms with E-state index in [9.17, 15) is 4.79 Å². The number of hydrogen-bond acceptors (Lipinski definition) is 1. The van der Waals surface area contributed by atoms with Crippen molar-refractivity contribution >= 4 is 5.78 Å². The van der Waals surface area contributed by atoms with Crippen molar-refractivity contribution in [2.75, 3.05) is 0 Å². The molecule has 0 radical (unpaired) electrons. The lowest BCUT2D eigenvalue weighted by Crippen LogP contribution is -2.25. The highest BCUT2D eigenvalue weighted by molar-refractivity contribution is 6.03. The maximum absolute atomic E-state index is 12.5. The Morgan fingerprint density at radius 1 is 0.909 bits per heavy atom. The van der Waals surface area contributed by atoms with E-state index in [2.05, 4.69) is 49.4 Å². The molecule has 0 saturated carbocycles. The molecule has 0 aliphatic heterocycles. The zero-order valence-electron chi connectivity index (χ0n) is 13.3. The van der Waals surface area contributed by atoms with Crippen molar-refractivity contribution < 1.29 is 4.79 Å². The first-order chi connectivity index (χ1) is 10.8. The van der Waals surface area contributed by atoms with Gasteiger partial charge in [-0.15, -0.1) is 0 Å². The van der Waals surface area contributed by atoms with Gasteiger partial charge < -0.3 is 0 Å². The van der Waals surface area contributed by atoms with Crippen LogP contribution >= 0.6 is 0 Å². The Hall–Kier alpha value is -1.89. The molecule has 2 aromatic carbocycles. The molecule has 1 aliphatic carbocycles. The molecule has 1 heteroatoms. The van der Waals surface area contributed by atoms with Gasteiger partial charge in [-0.2, -0.15) is 0 Å². The lowest BCUT2D eigenvalue weighted by atomic mass is 9.72. The molecule has 0 amide bonds. The standard InChI is InChI=1S/C21H24O/c1-2-3-4-10-15-21(17-11-6-5-7-12-17)16-20(22)18-13-8-9-14-19(18)21/h5-9,11-14H,2-4,10,15-16H2,1H3. The van der Waals surface area contributed by atoms with Crippen LogP contribution in [0.4, 0.5) is 0 Å². The van der Waals surface area contributed by atoms with Gasteiger partial charge in [0.1, 0.15) is 0 Å². The molecule has 0 fully saturated rings. The van der Waals surface area contributed by atoms with Gasteiger partial charge in [-0.25, -0.2) is 0 Å². The molecular formula is C21H24O.